The van der Waals surface area contributed by atoms with Crippen LogP contribution in [0.3, 0.4) is 0 Å². The summed E-state index contributed by atoms with van der Waals surface area (Å²) in [6.07, 6.45) is -3.66. The summed E-state index contributed by atoms with van der Waals surface area (Å²) in [6, 6.07) is 8.20. The number of halogens is 6. The number of hydrogen-bond acceptors (Lipinski definition) is 4. The van der Waals surface area contributed by atoms with Crippen LogP contribution in [0.25, 0.3) is 6.08 Å². The predicted octanol–water partition coefficient (Wildman–Crippen LogP) is 5.13. The summed E-state index contributed by atoms with van der Waals surface area (Å²) in [7, 11) is 0. The molecule has 1 aromatic heterocycles. The predicted molar refractivity (Wildman–Crippen MR) is 116 cm³/mol. The van der Waals surface area contributed by atoms with E-state index < -0.39 is 41.0 Å². The highest BCUT2D eigenvalue weighted by Gasteiger charge is 2.50. The normalized spacial score (nSPS) is 20.9. The smallest absolute Gasteiger partial charge is 0.346 e. The van der Waals surface area contributed by atoms with Crippen molar-refractivity contribution in [3.63, 3.8) is 0 Å². The number of rotatable bonds is 5. The largest absolute Gasteiger partial charge is 0.416 e. The third-order valence-corrected chi connectivity index (χ3v) is 6.11. The van der Waals surface area contributed by atoms with Crippen molar-refractivity contribution in [3.05, 3.63) is 89.5 Å². The molecule has 1 aliphatic rings. The van der Waals surface area contributed by atoms with E-state index in [0.29, 0.717) is 11.1 Å². The molecule has 0 saturated carbocycles. The molecule has 3 aromatic rings. The van der Waals surface area contributed by atoms with Crippen LogP contribution in [0, 0.1) is 0 Å². The van der Waals surface area contributed by atoms with Crippen molar-refractivity contribution < 1.29 is 35.9 Å². The highest BCUT2D eigenvalue weighted by atomic mass is 19.4. The maximum Gasteiger partial charge on any atom is 0.416 e. The molecule has 2 heterocycles. The fourth-order valence-electron chi connectivity index (χ4n) is 4.06. The second-order valence-corrected chi connectivity index (χ2v) is 8.27. The van der Waals surface area contributed by atoms with Gasteiger partial charge in [-0.2, -0.15) is 31.4 Å². The Hall–Kier alpha value is -3.67. The Morgan fingerprint density at radius 2 is 1.61 bits per heavy atom. The molecule has 1 saturated heterocycles. The number of ether oxygens (including phenoxy) is 1. The molecule has 0 spiro atoms. The molecule has 12 heteroatoms. The second kappa shape index (κ2) is 9.41. The Morgan fingerprint density at radius 1 is 1.03 bits per heavy atom. The molecule has 2 aromatic carbocycles. The molecule has 0 radical (unpaired) electrons. The minimum absolute atomic E-state index is 0.0753. The van der Waals surface area contributed by atoms with E-state index in [2.05, 4.69) is 10.1 Å². The zero-order valence-corrected chi connectivity index (χ0v) is 18.8. The van der Waals surface area contributed by atoms with Gasteiger partial charge >= 0.3 is 12.4 Å². The van der Waals surface area contributed by atoms with Crippen LogP contribution in [0.4, 0.5) is 26.3 Å². The molecule has 1 amide bonds. The summed E-state index contributed by atoms with van der Waals surface area (Å²) in [6.45, 7) is 1.62. The van der Waals surface area contributed by atoms with E-state index in [1.54, 1.807) is 6.92 Å². The first-order valence-electron chi connectivity index (χ1n) is 10.7. The maximum atomic E-state index is 13.1. The quantitative estimate of drug-likeness (QED) is 0.353. The van der Waals surface area contributed by atoms with Crippen LogP contribution in [-0.2, 0) is 34.0 Å². The van der Waals surface area contributed by atoms with Gasteiger partial charge in [0.2, 0.25) is 5.91 Å². The van der Waals surface area contributed by atoms with Crippen molar-refractivity contribution in [2.24, 2.45) is 0 Å². The lowest BCUT2D eigenvalue weighted by molar-refractivity contribution is -0.138. The molecule has 190 valence electrons. The Kier molecular flexibility index (Phi) is 6.65. The van der Waals surface area contributed by atoms with Crippen molar-refractivity contribution in [2.75, 3.05) is 6.73 Å². The van der Waals surface area contributed by atoms with Crippen molar-refractivity contribution in [1.29, 1.82) is 0 Å². The molecule has 0 bridgehead atoms. The lowest BCUT2D eigenvalue weighted by atomic mass is 9.86. The van der Waals surface area contributed by atoms with E-state index in [9.17, 15) is 31.1 Å². The number of amides is 1. The first-order chi connectivity index (χ1) is 16.9. The van der Waals surface area contributed by atoms with Crippen LogP contribution in [0.15, 0.2) is 67.3 Å². The average molecular weight is 510 g/mol. The monoisotopic (exact) mass is 510 g/mol. The SMILES string of the molecule is C[C@H]1N(C(=O)C=Cc2ccc(C(F)(F)F)cc2)CO[C@@]1(Cn1cncn1)c1ccc(C(F)(F)F)cc1. The average Bonchev–Trinajstić information content (AvgIpc) is 3.45. The van der Waals surface area contributed by atoms with E-state index in [1.807, 2.05) is 0 Å². The lowest BCUT2D eigenvalue weighted by Crippen LogP contribution is -2.45. The van der Waals surface area contributed by atoms with Crippen molar-refractivity contribution in [2.45, 2.75) is 37.5 Å². The molecule has 36 heavy (non-hydrogen) atoms. The van der Waals surface area contributed by atoms with Gasteiger partial charge in [-0.05, 0) is 48.4 Å². The summed E-state index contributed by atoms with van der Waals surface area (Å²) in [5.74, 6) is -0.477. The molecule has 0 aliphatic carbocycles. The summed E-state index contributed by atoms with van der Waals surface area (Å²) in [5.41, 5.74) is -2.04. The van der Waals surface area contributed by atoms with Gasteiger partial charge in [-0.3, -0.25) is 4.79 Å². The molecule has 2 atom stereocenters. The van der Waals surface area contributed by atoms with Crippen LogP contribution in [0.5, 0.6) is 0 Å². The molecular formula is C24H20F6N4O2. The number of carbonyl (C=O) groups excluding carboxylic acids is 1. The first kappa shape index (κ1) is 25.4. The van der Waals surface area contributed by atoms with E-state index in [0.717, 1.165) is 24.3 Å². The van der Waals surface area contributed by atoms with Gasteiger partial charge in [0.15, 0.2) is 0 Å². The molecule has 4 rings (SSSR count). The molecule has 1 aliphatic heterocycles. The summed E-state index contributed by atoms with van der Waals surface area (Å²) < 4.78 is 85.0. The Labute approximate surface area is 201 Å². The zero-order chi connectivity index (χ0) is 26.1. The van der Waals surface area contributed by atoms with Crippen LogP contribution in [0.2, 0.25) is 0 Å². The van der Waals surface area contributed by atoms with Gasteiger partial charge in [-0.1, -0.05) is 24.3 Å². The van der Waals surface area contributed by atoms with Gasteiger partial charge in [-0.15, -0.1) is 0 Å². The highest BCUT2D eigenvalue weighted by Crippen LogP contribution is 2.41. The fraction of sp³-hybridized carbons (Fsp3) is 0.292. The summed E-state index contributed by atoms with van der Waals surface area (Å²) in [4.78, 5) is 18.2. The number of benzene rings is 2. The topological polar surface area (TPSA) is 60.2 Å². The van der Waals surface area contributed by atoms with Gasteiger partial charge in [0.05, 0.1) is 23.7 Å². The Bertz CT molecular complexity index is 1220. The van der Waals surface area contributed by atoms with E-state index in [-0.39, 0.29) is 13.3 Å². The van der Waals surface area contributed by atoms with Crippen molar-refractivity contribution in [3.8, 4) is 0 Å². The fourth-order valence-corrected chi connectivity index (χ4v) is 4.06. The summed E-state index contributed by atoms with van der Waals surface area (Å²) in [5, 5.41) is 4.06. The highest BCUT2D eigenvalue weighted by molar-refractivity contribution is 5.92. The minimum atomic E-state index is -4.51. The van der Waals surface area contributed by atoms with Crippen LogP contribution in [0.1, 0.15) is 29.2 Å². The van der Waals surface area contributed by atoms with Crippen molar-refractivity contribution >= 4 is 12.0 Å². The minimum Gasteiger partial charge on any atom is -0.346 e. The van der Waals surface area contributed by atoms with Crippen LogP contribution in [-0.4, -0.2) is 38.3 Å². The van der Waals surface area contributed by atoms with Crippen molar-refractivity contribution in [1.82, 2.24) is 19.7 Å². The standard InChI is InChI=1S/C24H20F6N4O2/c1-16-22(12-33-14-31-13-32-33,18-7-9-20(10-8-18)24(28,29)30)36-15-34(16)21(35)11-4-17-2-5-19(6-3-17)23(25,26)27/h2-11,13-14,16H,12,15H2,1H3/t16-,22-/m1/s1. The first-order valence-corrected chi connectivity index (χ1v) is 10.7. The van der Waals surface area contributed by atoms with E-state index >= 15 is 0 Å². The molecular weight excluding hydrogens is 490 g/mol. The van der Waals surface area contributed by atoms with Crippen LogP contribution < -0.4 is 0 Å². The molecule has 1 fully saturated rings. The number of carbonyl (C=O) groups is 1. The third kappa shape index (κ3) is 5.13. The van der Waals surface area contributed by atoms with Gasteiger partial charge in [0, 0.05) is 6.08 Å². The van der Waals surface area contributed by atoms with Crippen LogP contribution >= 0.6 is 0 Å². The van der Waals surface area contributed by atoms with Gasteiger partial charge in [-0.25, -0.2) is 9.67 Å². The lowest BCUT2D eigenvalue weighted by Gasteiger charge is -2.34. The van der Waals surface area contributed by atoms with E-state index in [1.165, 1.54) is 58.7 Å². The molecule has 0 N–H and O–H groups in total. The second-order valence-electron chi connectivity index (χ2n) is 8.27. The number of nitrogens with zero attached hydrogens (tertiary/aromatic N) is 4. The maximum absolute atomic E-state index is 13.1. The van der Waals surface area contributed by atoms with Gasteiger partial charge in [0.1, 0.15) is 25.0 Å². The Balaban J connectivity index is 1.58. The number of hydrogen-bond donors (Lipinski definition) is 0. The summed E-state index contributed by atoms with van der Waals surface area (Å²) >= 11 is 0. The number of alkyl halides is 6. The zero-order valence-electron chi connectivity index (χ0n) is 18.8. The van der Waals surface area contributed by atoms with Gasteiger partial charge < -0.3 is 9.64 Å². The molecule has 0 unspecified atom stereocenters. The van der Waals surface area contributed by atoms with E-state index in [4.69, 9.17) is 4.74 Å². The number of aromatic nitrogens is 3. The Morgan fingerprint density at radius 3 is 2.14 bits per heavy atom. The third-order valence-electron chi connectivity index (χ3n) is 6.11. The van der Waals surface area contributed by atoms with Gasteiger partial charge in [0.25, 0.3) is 0 Å². The molecule has 6 nitrogen and oxygen atoms in total.